The molecule has 1 aromatic carbocycles. The topological polar surface area (TPSA) is 54.6 Å². The van der Waals surface area contributed by atoms with Gasteiger partial charge in [-0.25, -0.2) is 5.43 Å². The van der Waals surface area contributed by atoms with Crippen molar-refractivity contribution in [3.8, 4) is 0 Å². The highest BCUT2D eigenvalue weighted by Gasteiger charge is 2.10. The second-order valence-electron chi connectivity index (χ2n) is 3.87. The number of hydrazone groups is 1. The lowest BCUT2D eigenvalue weighted by Gasteiger charge is -2.04. The monoisotopic (exact) mass is 374 g/mol. The number of hydrogen-bond donors (Lipinski definition) is 1. The summed E-state index contributed by atoms with van der Waals surface area (Å²) in [6.07, 6.45) is 0. The van der Waals surface area contributed by atoms with Gasteiger partial charge in [-0.15, -0.1) is 0 Å². The summed E-state index contributed by atoms with van der Waals surface area (Å²) in [4.78, 5) is 11.8. The molecule has 0 aliphatic carbocycles. The minimum Gasteiger partial charge on any atom is -0.444 e. The molecule has 0 aliphatic rings. The van der Waals surface area contributed by atoms with Gasteiger partial charge in [0.25, 0.3) is 0 Å². The minimum absolute atomic E-state index is 0.158. The first-order valence-electron chi connectivity index (χ1n) is 5.53. The molecule has 2 aromatic rings. The Labute approximate surface area is 133 Å². The number of carbonyl (C=O) groups is 1. The van der Waals surface area contributed by atoms with Crippen molar-refractivity contribution in [2.45, 2.75) is 6.92 Å². The van der Waals surface area contributed by atoms with Crippen LogP contribution in [0, 0.1) is 0 Å². The van der Waals surface area contributed by atoms with Crippen molar-refractivity contribution in [3.63, 3.8) is 0 Å². The van der Waals surface area contributed by atoms with Gasteiger partial charge in [-0.05, 0) is 53.2 Å². The maximum atomic E-state index is 11.8. The van der Waals surface area contributed by atoms with Crippen molar-refractivity contribution in [1.82, 2.24) is 5.43 Å². The van der Waals surface area contributed by atoms with Crippen LogP contribution in [0.2, 0.25) is 10.0 Å². The summed E-state index contributed by atoms with van der Waals surface area (Å²) in [5.41, 5.74) is 3.58. The number of benzene rings is 1. The van der Waals surface area contributed by atoms with Crippen LogP contribution in [0.1, 0.15) is 23.0 Å². The third-order valence-corrected chi connectivity index (χ3v) is 3.43. The van der Waals surface area contributed by atoms with Crippen molar-refractivity contribution in [3.05, 3.63) is 56.4 Å². The predicted molar refractivity (Wildman–Crippen MR) is 82.5 cm³/mol. The third kappa shape index (κ3) is 3.62. The standard InChI is InChI=1S/C13H9BrCl2N2O2/c1-7(9-6-8(15)2-3-10(9)16)17-18-13(19)11-4-5-12(14)20-11/h2-6H,1H3,(H,18,19)/b17-7-. The molecule has 4 nitrogen and oxygen atoms in total. The zero-order valence-electron chi connectivity index (χ0n) is 10.3. The summed E-state index contributed by atoms with van der Waals surface area (Å²) in [5, 5.41) is 5.03. The number of amides is 1. The average Bonchev–Trinajstić information content (AvgIpc) is 2.85. The molecule has 0 saturated heterocycles. The van der Waals surface area contributed by atoms with Crippen LogP contribution in [-0.4, -0.2) is 11.6 Å². The van der Waals surface area contributed by atoms with Gasteiger partial charge in [0.05, 0.1) is 5.71 Å². The summed E-state index contributed by atoms with van der Waals surface area (Å²) in [6.45, 7) is 1.72. The average molecular weight is 376 g/mol. The van der Waals surface area contributed by atoms with Gasteiger partial charge in [0.15, 0.2) is 10.4 Å². The van der Waals surface area contributed by atoms with Crippen LogP contribution in [0.15, 0.2) is 44.5 Å². The highest BCUT2D eigenvalue weighted by atomic mass is 79.9. The molecule has 0 spiro atoms. The highest BCUT2D eigenvalue weighted by molar-refractivity contribution is 9.10. The van der Waals surface area contributed by atoms with Crippen molar-refractivity contribution in [1.29, 1.82) is 0 Å². The van der Waals surface area contributed by atoms with E-state index in [4.69, 9.17) is 27.6 Å². The van der Waals surface area contributed by atoms with Gasteiger partial charge < -0.3 is 4.42 Å². The van der Waals surface area contributed by atoms with Crippen LogP contribution in [0.25, 0.3) is 0 Å². The van der Waals surface area contributed by atoms with Crippen molar-refractivity contribution >= 4 is 50.8 Å². The van der Waals surface area contributed by atoms with E-state index in [0.29, 0.717) is 26.0 Å². The number of carbonyl (C=O) groups excluding carboxylic acids is 1. The van der Waals surface area contributed by atoms with Gasteiger partial charge in [-0.2, -0.15) is 5.10 Å². The van der Waals surface area contributed by atoms with Crippen LogP contribution in [0.5, 0.6) is 0 Å². The Morgan fingerprint density at radius 1 is 1.30 bits per heavy atom. The molecule has 1 heterocycles. The Bertz CT molecular complexity index is 683. The first-order chi connectivity index (χ1) is 9.47. The van der Waals surface area contributed by atoms with E-state index < -0.39 is 5.91 Å². The molecule has 2 rings (SSSR count). The fourth-order valence-electron chi connectivity index (χ4n) is 1.46. The van der Waals surface area contributed by atoms with Gasteiger partial charge >= 0.3 is 5.91 Å². The molecular formula is C13H9BrCl2N2O2. The first-order valence-corrected chi connectivity index (χ1v) is 7.07. The molecule has 0 fully saturated rings. The lowest BCUT2D eigenvalue weighted by atomic mass is 10.1. The molecule has 0 aliphatic heterocycles. The molecule has 20 heavy (non-hydrogen) atoms. The maximum Gasteiger partial charge on any atom is 0.307 e. The molecule has 1 amide bonds. The summed E-state index contributed by atoms with van der Waals surface area (Å²) in [6, 6.07) is 8.19. The van der Waals surface area contributed by atoms with E-state index in [9.17, 15) is 4.79 Å². The predicted octanol–water partition coefficient (Wildman–Crippen LogP) is 4.50. The molecule has 1 aromatic heterocycles. The molecule has 0 radical (unpaired) electrons. The van der Waals surface area contributed by atoms with Gasteiger partial charge in [-0.1, -0.05) is 23.2 Å². The van der Waals surface area contributed by atoms with Gasteiger partial charge in [0.1, 0.15) is 0 Å². The van der Waals surface area contributed by atoms with Crippen LogP contribution >= 0.6 is 39.1 Å². The molecule has 0 saturated carbocycles. The van der Waals surface area contributed by atoms with Crippen molar-refractivity contribution < 1.29 is 9.21 Å². The third-order valence-electron chi connectivity index (χ3n) is 2.44. The maximum absolute atomic E-state index is 11.8. The fraction of sp³-hybridized carbons (Fsp3) is 0.0769. The van der Waals surface area contributed by atoms with E-state index in [1.54, 1.807) is 31.2 Å². The fourth-order valence-corrected chi connectivity index (χ4v) is 2.19. The summed E-state index contributed by atoms with van der Waals surface area (Å²) < 4.78 is 5.59. The zero-order chi connectivity index (χ0) is 14.7. The summed E-state index contributed by atoms with van der Waals surface area (Å²) >= 11 is 15.1. The minimum atomic E-state index is -0.451. The molecule has 104 valence electrons. The lowest BCUT2D eigenvalue weighted by molar-refractivity contribution is 0.0926. The summed E-state index contributed by atoms with van der Waals surface area (Å²) in [7, 11) is 0. The van der Waals surface area contributed by atoms with Crippen LogP contribution < -0.4 is 5.43 Å². The largest absolute Gasteiger partial charge is 0.444 e. The molecule has 7 heteroatoms. The number of halogens is 3. The summed E-state index contributed by atoms with van der Waals surface area (Å²) in [5.74, 6) is -0.293. The Morgan fingerprint density at radius 2 is 2.05 bits per heavy atom. The normalized spacial score (nSPS) is 11.5. The Morgan fingerprint density at radius 3 is 2.70 bits per heavy atom. The quantitative estimate of drug-likeness (QED) is 0.634. The highest BCUT2D eigenvalue weighted by Crippen LogP contribution is 2.21. The van der Waals surface area contributed by atoms with E-state index in [1.165, 1.54) is 6.07 Å². The zero-order valence-corrected chi connectivity index (χ0v) is 13.4. The van der Waals surface area contributed by atoms with E-state index in [1.807, 2.05) is 0 Å². The van der Waals surface area contributed by atoms with Crippen LogP contribution in [0.3, 0.4) is 0 Å². The van der Waals surface area contributed by atoms with Crippen LogP contribution in [-0.2, 0) is 0 Å². The van der Waals surface area contributed by atoms with Gasteiger partial charge in [-0.3, -0.25) is 4.79 Å². The lowest BCUT2D eigenvalue weighted by Crippen LogP contribution is -2.18. The van der Waals surface area contributed by atoms with E-state index in [-0.39, 0.29) is 5.76 Å². The Hall–Kier alpha value is -1.30. The SMILES string of the molecule is C/C(=N/NC(=O)c1ccc(Br)o1)c1cc(Cl)ccc1Cl. The molecular weight excluding hydrogens is 367 g/mol. The number of nitrogens with zero attached hydrogens (tertiary/aromatic N) is 1. The number of hydrogen-bond acceptors (Lipinski definition) is 3. The Kier molecular flexibility index (Phi) is 4.86. The van der Waals surface area contributed by atoms with Crippen molar-refractivity contribution in [2.75, 3.05) is 0 Å². The number of nitrogens with one attached hydrogen (secondary N) is 1. The van der Waals surface area contributed by atoms with Crippen LogP contribution in [0.4, 0.5) is 0 Å². The molecule has 1 N–H and O–H groups in total. The number of furan rings is 1. The van der Waals surface area contributed by atoms with Gasteiger partial charge in [0, 0.05) is 15.6 Å². The molecule has 0 bridgehead atoms. The molecule has 0 unspecified atom stereocenters. The van der Waals surface area contributed by atoms with E-state index in [2.05, 4.69) is 26.5 Å². The van der Waals surface area contributed by atoms with E-state index >= 15 is 0 Å². The Balaban J connectivity index is 2.15. The second kappa shape index (κ2) is 6.43. The van der Waals surface area contributed by atoms with E-state index in [0.717, 1.165) is 0 Å². The number of rotatable bonds is 3. The first kappa shape index (κ1) is 15.1. The second-order valence-corrected chi connectivity index (χ2v) is 5.49. The van der Waals surface area contributed by atoms with Gasteiger partial charge in [0.2, 0.25) is 0 Å². The van der Waals surface area contributed by atoms with Crippen molar-refractivity contribution in [2.24, 2.45) is 5.10 Å². The smallest absolute Gasteiger partial charge is 0.307 e. The molecule has 0 atom stereocenters.